The summed E-state index contributed by atoms with van der Waals surface area (Å²) in [4.78, 5) is 28.1. The number of carbonyl (C=O) groups is 2. The lowest BCUT2D eigenvalue weighted by molar-refractivity contribution is -0.125. The third-order valence-electron chi connectivity index (χ3n) is 6.34. The molecular weight excluding hydrogens is 392 g/mol. The van der Waals surface area contributed by atoms with E-state index in [0.29, 0.717) is 42.6 Å². The van der Waals surface area contributed by atoms with Crippen LogP contribution in [-0.4, -0.2) is 50.6 Å². The molecule has 1 aliphatic carbocycles. The lowest BCUT2D eigenvalue weighted by Gasteiger charge is -2.21. The fourth-order valence-corrected chi connectivity index (χ4v) is 4.33. The highest BCUT2D eigenvalue weighted by Gasteiger charge is 2.42. The minimum atomic E-state index is -0.339. The molecule has 4 rings (SSSR count). The number of nitrogens with zero attached hydrogens (tertiary/aromatic N) is 1. The lowest BCUT2D eigenvalue weighted by atomic mass is 9.87. The predicted molar refractivity (Wildman–Crippen MR) is 119 cm³/mol. The van der Waals surface area contributed by atoms with E-state index in [9.17, 15) is 9.59 Å². The molecule has 0 aromatic heterocycles. The molecule has 2 aliphatic rings. The van der Waals surface area contributed by atoms with Gasteiger partial charge in [0.05, 0.1) is 20.1 Å². The van der Waals surface area contributed by atoms with Crippen molar-refractivity contribution >= 4 is 11.8 Å². The largest absolute Gasteiger partial charge is 0.493 e. The zero-order chi connectivity index (χ0) is 22.0. The molecule has 2 atom stereocenters. The first-order valence-electron chi connectivity index (χ1n) is 10.9. The molecule has 6 heteroatoms. The third kappa shape index (κ3) is 4.53. The van der Waals surface area contributed by atoms with E-state index in [2.05, 4.69) is 5.32 Å². The summed E-state index contributed by atoms with van der Waals surface area (Å²) in [6, 6.07) is 13.3. The third-order valence-corrected chi connectivity index (χ3v) is 6.34. The van der Waals surface area contributed by atoms with Gasteiger partial charge in [0.1, 0.15) is 0 Å². The van der Waals surface area contributed by atoms with Gasteiger partial charge in [-0.2, -0.15) is 0 Å². The van der Waals surface area contributed by atoms with Gasteiger partial charge in [-0.15, -0.1) is 0 Å². The number of nitrogens with one attached hydrogen (secondary N) is 1. The number of amides is 2. The number of aryl methyl sites for hydroxylation is 1. The predicted octanol–water partition coefficient (Wildman–Crippen LogP) is 3.39. The first-order chi connectivity index (χ1) is 15.0. The quantitative estimate of drug-likeness (QED) is 0.743. The van der Waals surface area contributed by atoms with E-state index in [-0.39, 0.29) is 23.7 Å². The highest BCUT2D eigenvalue weighted by Crippen LogP contribution is 2.42. The van der Waals surface area contributed by atoms with E-state index < -0.39 is 0 Å². The van der Waals surface area contributed by atoms with Gasteiger partial charge >= 0.3 is 0 Å². The lowest BCUT2D eigenvalue weighted by Crippen LogP contribution is -2.36. The minimum Gasteiger partial charge on any atom is -0.493 e. The molecule has 0 radical (unpaired) electrons. The number of rotatable bonds is 7. The van der Waals surface area contributed by atoms with Crippen molar-refractivity contribution in [3.63, 3.8) is 0 Å². The molecule has 1 N–H and O–H groups in total. The molecule has 164 valence electrons. The van der Waals surface area contributed by atoms with Crippen molar-refractivity contribution in [1.82, 2.24) is 10.2 Å². The number of carbonyl (C=O) groups excluding carboxylic acids is 2. The Labute approximate surface area is 183 Å². The van der Waals surface area contributed by atoms with Crippen LogP contribution in [0.25, 0.3) is 0 Å². The van der Waals surface area contributed by atoms with Gasteiger partial charge in [0.2, 0.25) is 5.91 Å². The Bertz CT molecular complexity index is 952. The Kier molecular flexibility index (Phi) is 6.16. The summed E-state index contributed by atoms with van der Waals surface area (Å²) < 4.78 is 11.1. The van der Waals surface area contributed by atoms with Crippen LogP contribution in [0, 0.1) is 18.8 Å². The molecule has 1 heterocycles. The topological polar surface area (TPSA) is 67.9 Å². The van der Waals surface area contributed by atoms with Gasteiger partial charge in [-0.3, -0.25) is 9.59 Å². The van der Waals surface area contributed by atoms with E-state index in [1.54, 1.807) is 19.1 Å². The normalized spacial score (nSPS) is 20.4. The summed E-state index contributed by atoms with van der Waals surface area (Å²) in [5, 5.41) is 3.11. The van der Waals surface area contributed by atoms with Crippen molar-refractivity contribution in [1.29, 1.82) is 0 Å². The molecule has 2 aromatic rings. The number of likely N-dealkylation sites (tertiary alicyclic amines) is 1. The van der Waals surface area contributed by atoms with Gasteiger partial charge in [-0.1, -0.05) is 29.8 Å². The monoisotopic (exact) mass is 422 g/mol. The van der Waals surface area contributed by atoms with Gasteiger partial charge in [0, 0.05) is 36.7 Å². The molecule has 6 nitrogen and oxygen atoms in total. The number of methoxy groups -OCH3 is 2. The zero-order valence-corrected chi connectivity index (χ0v) is 18.4. The van der Waals surface area contributed by atoms with Crippen LogP contribution >= 0.6 is 0 Å². The molecule has 31 heavy (non-hydrogen) atoms. The summed E-state index contributed by atoms with van der Waals surface area (Å²) in [7, 11) is 3.21. The Morgan fingerprint density at radius 2 is 1.77 bits per heavy atom. The Hall–Kier alpha value is -3.02. The standard InChI is InChI=1S/C25H30N2O4/c1-16-7-11-18(12-8-16)25(29)27-14-20(19-5-4-6-22(30-2)23(19)31-3)21(15-27)24(28)26-13-17-9-10-17/h4-8,11-12,17,20-21H,9-10,13-15H2,1-3H3,(H,26,28)/t20-,21-/m1/s1. The maximum Gasteiger partial charge on any atom is 0.253 e. The number of para-hydroxylation sites is 1. The molecule has 1 saturated carbocycles. The molecule has 2 fully saturated rings. The maximum absolute atomic E-state index is 13.2. The number of ether oxygens (including phenoxy) is 2. The highest BCUT2D eigenvalue weighted by atomic mass is 16.5. The van der Waals surface area contributed by atoms with Crippen molar-refractivity contribution in [2.24, 2.45) is 11.8 Å². The van der Waals surface area contributed by atoms with E-state index in [4.69, 9.17) is 9.47 Å². The van der Waals surface area contributed by atoms with Crippen molar-refractivity contribution in [2.75, 3.05) is 33.9 Å². The minimum absolute atomic E-state index is 0.000907. The van der Waals surface area contributed by atoms with E-state index in [0.717, 1.165) is 11.1 Å². The van der Waals surface area contributed by atoms with Gasteiger partial charge in [-0.05, 0) is 43.9 Å². The molecule has 2 amide bonds. The van der Waals surface area contributed by atoms with Crippen molar-refractivity contribution in [3.8, 4) is 11.5 Å². The fourth-order valence-electron chi connectivity index (χ4n) is 4.33. The summed E-state index contributed by atoms with van der Waals surface area (Å²) in [6.07, 6.45) is 2.35. The Morgan fingerprint density at radius 3 is 2.42 bits per heavy atom. The summed E-state index contributed by atoms with van der Waals surface area (Å²) in [5.74, 6) is 1.29. The van der Waals surface area contributed by atoms with Gasteiger partial charge < -0.3 is 19.7 Å². The SMILES string of the molecule is COc1cccc([C@H]2CN(C(=O)c3ccc(C)cc3)C[C@H]2C(=O)NCC2CC2)c1OC. The molecule has 0 bridgehead atoms. The van der Waals surface area contributed by atoms with Gasteiger partial charge in [-0.25, -0.2) is 0 Å². The van der Waals surface area contributed by atoms with Gasteiger partial charge in [0.15, 0.2) is 11.5 Å². The zero-order valence-electron chi connectivity index (χ0n) is 18.4. The van der Waals surface area contributed by atoms with Crippen LogP contribution in [0.4, 0.5) is 0 Å². The highest BCUT2D eigenvalue weighted by molar-refractivity contribution is 5.95. The molecule has 1 saturated heterocycles. The van der Waals surface area contributed by atoms with Crippen LogP contribution in [0.1, 0.15) is 40.2 Å². The van der Waals surface area contributed by atoms with Crippen LogP contribution in [0.2, 0.25) is 0 Å². The second kappa shape index (κ2) is 9.00. The Balaban J connectivity index is 1.62. The number of hydrogen-bond donors (Lipinski definition) is 1. The molecule has 0 spiro atoms. The second-order valence-electron chi connectivity index (χ2n) is 8.56. The van der Waals surface area contributed by atoms with Crippen molar-refractivity contribution < 1.29 is 19.1 Å². The van der Waals surface area contributed by atoms with E-state index in [1.807, 2.05) is 49.4 Å². The summed E-state index contributed by atoms with van der Waals surface area (Å²) >= 11 is 0. The van der Waals surface area contributed by atoms with Crippen LogP contribution in [0.3, 0.4) is 0 Å². The number of benzene rings is 2. The maximum atomic E-state index is 13.2. The van der Waals surface area contributed by atoms with Crippen LogP contribution < -0.4 is 14.8 Å². The number of hydrogen-bond acceptors (Lipinski definition) is 4. The van der Waals surface area contributed by atoms with Crippen LogP contribution in [0.5, 0.6) is 11.5 Å². The van der Waals surface area contributed by atoms with Crippen molar-refractivity contribution in [3.05, 3.63) is 59.2 Å². The molecular formula is C25H30N2O4. The fraction of sp³-hybridized carbons (Fsp3) is 0.440. The van der Waals surface area contributed by atoms with E-state index in [1.165, 1.54) is 12.8 Å². The average molecular weight is 423 g/mol. The van der Waals surface area contributed by atoms with Crippen LogP contribution in [0.15, 0.2) is 42.5 Å². The average Bonchev–Trinajstić information content (AvgIpc) is 3.52. The molecule has 0 unspecified atom stereocenters. The molecule has 1 aliphatic heterocycles. The first kappa shape index (κ1) is 21.2. The molecule has 2 aromatic carbocycles. The Morgan fingerprint density at radius 1 is 1.03 bits per heavy atom. The van der Waals surface area contributed by atoms with E-state index >= 15 is 0 Å². The smallest absolute Gasteiger partial charge is 0.253 e. The summed E-state index contributed by atoms with van der Waals surface area (Å²) in [6.45, 7) is 3.55. The second-order valence-corrected chi connectivity index (χ2v) is 8.56. The first-order valence-corrected chi connectivity index (χ1v) is 10.9. The van der Waals surface area contributed by atoms with Crippen LogP contribution in [-0.2, 0) is 4.79 Å². The van der Waals surface area contributed by atoms with Gasteiger partial charge in [0.25, 0.3) is 5.91 Å². The van der Waals surface area contributed by atoms with Crippen molar-refractivity contribution in [2.45, 2.75) is 25.7 Å². The summed E-state index contributed by atoms with van der Waals surface area (Å²) in [5.41, 5.74) is 2.64.